The molecule has 7 heteroatoms. The number of hydrogen-bond acceptors (Lipinski definition) is 5. The molecule has 0 atom stereocenters. The Morgan fingerprint density at radius 3 is 2.24 bits per heavy atom. The van der Waals surface area contributed by atoms with E-state index < -0.39 is 0 Å². The molecule has 1 aromatic rings. The Labute approximate surface area is 129 Å². The van der Waals surface area contributed by atoms with Gasteiger partial charge in [-0.2, -0.15) is 0 Å². The van der Waals surface area contributed by atoms with Crippen molar-refractivity contribution < 1.29 is 9.59 Å². The minimum Gasteiger partial charge on any atom is -0.355 e. The maximum atomic E-state index is 11.7. The number of aromatic nitrogens is 2. The van der Waals surface area contributed by atoms with Gasteiger partial charge in [-0.25, -0.2) is 9.97 Å². The predicted octanol–water partition coefficient (Wildman–Crippen LogP) is 1.00. The zero-order chi connectivity index (χ0) is 15.8. The van der Waals surface area contributed by atoms with Crippen molar-refractivity contribution in [2.45, 2.75) is 38.8 Å². The zero-order valence-corrected chi connectivity index (χ0v) is 13.8. The van der Waals surface area contributed by atoms with Gasteiger partial charge < -0.3 is 10.6 Å². The SMILES string of the molecule is CCNC(=O)CNC(=O)CCc1c(C)nc(SC)nc1C. The fourth-order valence-corrected chi connectivity index (χ4v) is 2.38. The minimum atomic E-state index is -0.175. The number of aryl methyl sites for hydroxylation is 2. The Kier molecular flexibility index (Phi) is 7.14. The summed E-state index contributed by atoms with van der Waals surface area (Å²) < 4.78 is 0. The summed E-state index contributed by atoms with van der Waals surface area (Å²) in [6, 6.07) is 0. The Bertz CT molecular complexity index is 497. The zero-order valence-electron chi connectivity index (χ0n) is 12.9. The van der Waals surface area contributed by atoms with Crippen LogP contribution in [0.1, 0.15) is 30.3 Å². The largest absolute Gasteiger partial charge is 0.355 e. The first-order valence-corrected chi connectivity index (χ1v) is 8.11. The van der Waals surface area contributed by atoms with Crippen LogP contribution >= 0.6 is 11.8 Å². The van der Waals surface area contributed by atoms with Crippen molar-refractivity contribution in [3.8, 4) is 0 Å². The molecule has 0 aromatic carbocycles. The predicted molar refractivity (Wildman–Crippen MR) is 83.3 cm³/mol. The van der Waals surface area contributed by atoms with Crippen LogP contribution in [0.25, 0.3) is 0 Å². The number of rotatable bonds is 7. The molecule has 1 heterocycles. The van der Waals surface area contributed by atoms with Crippen molar-refractivity contribution in [3.63, 3.8) is 0 Å². The molecule has 0 bridgehead atoms. The molecule has 2 amide bonds. The lowest BCUT2D eigenvalue weighted by Gasteiger charge is -2.10. The molecule has 1 rings (SSSR count). The quantitative estimate of drug-likeness (QED) is 0.580. The van der Waals surface area contributed by atoms with Gasteiger partial charge in [0.2, 0.25) is 11.8 Å². The molecule has 1 aromatic heterocycles. The van der Waals surface area contributed by atoms with Crippen molar-refractivity contribution in [2.75, 3.05) is 19.3 Å². The van der Waals surface area contributed by atoms with E-state index >= 15 is 0 Å². The molecule has 0 aliphatic carbocycles. The summed E-state index contributed by atoms with van der Waals surface area (Å²) in [5.41, 5.74) is 2.81. The highest BCUT2D eigenvalue weighted by Crippen LogP contribution is 2.16. The lowest BCUT2D eigenvalue weighted by molar-refractivity contribution is -0.126. The Morgan fingerprint density at radius 1 is 1.10 bits per heavy atom. The molecule has 0 saturated heterocycles. The van der Waals surface area contributed by atoms with Gasteiger partial charge in [0.15, 0.2) is 5.16 Å². The average molecular weight is 310 g/mol. The third-order valence-electron chi connectivity index (χ3n) is 3.00. The summed E-state index contributed by atoms with van der Waals surface area (Å²) in [6.45, 7) is 6.27. The average Bonchev–Trinajstić information content (AvgIpc) is 2.44. The van der Waals surface area contributed by atoms with Crippen LogP contribution in [0.5, 0.6) is 0 Å². The van der Waals surface area contributed by atoms with Crippen LogP contribution < -0.4 is 10.6 Å². The van der Waals surface area contributed by atoms with E-state index in [0.29, 0.717) is 19.4 Å². The maximum absolute atomic E-state index is 11.7. The van der Waals surface area contributed by atoms with E-state index in [-0.39, 0.29) is 18.4 Å². The lowest BCUT2D eigenvalue weighted by atomic mass is 10.1. The second kappa shape index (κ2) is 8.61. The summed E-state index contributed by atoms with van der Waals surface area (Å²) in [5.74, 6) is -0.320. The van der Waals surface area contributed by atoms with E-state index in [1.165, 1.54) is 11.8 Å². The van der Waals surface area contributed by atoms with Crippen molar-refractivity contribution >= 4 is 23.6 Å². The van der Waals surface area contributed by atoms with Crippen LogP contribution in [-0.4, -0.2) is 41.1 Å². The molecule has 21 heavy (non-hydrogen) atoms. The van der Waals surface area contributed by atoms with E-state index in [1.54, 1.807) is 0 Å². The maximum Gasteiger partial charge on any atom is 0.239 e. The lowest BCUT2D eigenvalue weighted by Crippen LogP contribution is -2.36. The Hall–Kier alpha value is -1.63. The highest BCUT2D eigenvalue weighted by molar-refractivity contribution is 7.98. The summed E-state index contributed by atoms with van der Waals surface area (Å²) in [6.07, 6.45) is 2.83. The molecular formula is C14H22N4O2S. The van der Waals surface area contributed by atoms with Crippen LogP contribution in [0, 0.1) is 13.8 Å². The first-order valence-electron chi connectivity index (χ1n) is 6.89. The molecular weight excluding hydrogens is 288 g/mol. The van der Waals surface area contributed by atoms with Crippen LogP contribution in [0.2, 0.25) is 0 Å². The molecule has 0 aliphatic rings. The van der Waals surface area contributed by atoms with Crippen molar-refractivity contribution in [1.29, 1.82) is 0 Å². The van der Waals surface area contributed by atoms with Gasteiger partial charge in [-0.05, 0) is 39.0 Å². The third-order valence-corrected chi connectivity index (χ3v) is 3.55. The summed E-state index contributed by atoms with van der Waals surface area (Å²) >= 11 is 1.50. The Morgan fingerprint density at radius 2 is 1.71 bits per heavy atom. The fraction of sp³-hybridized carbons (Fsp3) is 0.571. The number of nitrogens with one attached hydrogen (secondary N) is 2. The molecule has 0 spiro atoms. The molecule has 116 valence electrons. The summed E-state index contributed by atoms with van der Waals surface area (Å²) in [5, 5.41) is 5.98. The van der Waals surface area contributed by atoms with Gasteiger partial charge in [0.05, 0.1) is 6.54 Å². The van der Waals surface area contributed by atoms with Gasteiger partial charge in [0.25, 0.3) is 0 Å². The van der Waals surface area contributed by atoms with Gasteiger partial charge in [0, 0.05) is 24.4 Å². The van der Waals surface area contributed by atoms with Gasteiger partial charge in [-0.3, -0.25) is 9.59 Å². The second-order valence-electron chi connectivity index (χ2n) is 4.59. The summed E-state index contributed by atoms with van der Waals surface area (Å²) in [7, 11) is 0. The first kappa shape index (κ1) is 17.4. The number of thioether (sulfide) groups is 1. The van der Waals surface area contributed by atoms with E-state index in [2.05, 4.69) is 20.6 Å². The number of likely N-dealkylation sites (N-methyl/N-ethyl adjacent to an activating group) is 1. The molecule has 6 nitrogen and oxygen atoms in total. The van der Waals surface area contributed by atoms with E-state index in [4.69, 9.17) is 0 Å². The van der Waals surface area contributed by atoms with Crippen LogP contribution in [0.3, 0.4) is 0 Å². The van der Waals surface area contributed by atoms with Gasteiger partial charge >= 0.3 is 0 Å². The van der Waals surface area contributed by atoms with Crippen molar-refractivity contribution in [1.82, 2.24) is 20.6 Å². The van der Waals surface area contributed by atoms with Gasteiger partial charge in [-0.15, -0.1) is 0 Å². The number of nitrogens with zero attached hydrogens (tertiary/aromatic N) is 2. The molecule has 0 radical (unpaired) electrons. The van der Waals surface area contributed by atoms with Gasteiger partial charge in [0.1, 0.15) is 0 Å². The van der Waals surface area contributed by atoms with Crippen LogP contribution in [-0.2, 0) is 16.0 Å². The Balaban J connectivity index is 2.52. The molecule has 0 unspecified atom stereocenters. The number of amides is 2. The van der Waals surface area contributed by atoms with Crippen molar-refractivity contribution in [2.24, 2.45) is 0 Å². The smallest absolute Gasteiger partial charge is 0.239 e. The van der Waals surface area contributed by atoms with E-state index in [1.807, 2.05) is 27.0 Å². The number of hydrogen-bond donors (Lipinski definition) is 2. The number of carbonyl (C=O) groups is 2. The first-order chi connectivity index (χ1) is 9.97. The van der Waals surface area contributed by atoms with Crippen LogP contribution in [0.15, 0.2) is 5.16 Å². The molecule has 0 saturated carbocycles. The molecule has 0 fully saturated rings. The highest BCUT2D eigenvalue weighted by atomic mass is 32.2. The van der Waals surface area contributed by atoms with Gasteiger partial charge in [-0.1, -0.05) is 11.8 Å². The molecule has 0 aliphatic heterocycles. The normalized spacial score (nSPS) is 10.3. The van der Waals surface area contributed by atoms with E-state index in [0.717, 1.165) is 22.1 Å². The van der Waals surface area contributed by atoms with E-state index in [9.17, 15) is 9.59 Å². The monoisotopic (exact) mass is 310 g/mol. The third kappa shape index (κ3) is 5.71. The summed E-state index contributed by atoms with van der Waals surface area (Å²) in [4.78, 5) is 31.8. The molecule has 2 N–H and O–H groups in total. The fourth-order valence-electron chi connectivity index (χ4n) is 1.93. The minimum absolute atomic E-state index is 0.0204. The standard InChI is InChI=1S/C14H22N4O2S/c1-5-15-13(20)8-16-12(19)7-6-11-9(2)17-14(21-4)18-10(11)3/h5-8H2,1-4H3,(H,15,20)(H,16,19). The van der Waals surface area contributed by atoms with Crippen LogP contribution in [0.4, 0.5) is 0 Å². The number of carbonyl (C=O) groups excluding carboxylic acids is 2. The highest BCUT2D eigenvalue weighted by Gasteiger charge is 2.11. The topological polar surface area (TPSA) is 84.0 Å². The van der Waals surface area contributed by atoms with Crippen molar-refractivity contribution in [3.05, 3.63) is 17.0 Å². The second-order valence-corrected chi connectivity index (χ2v) is 5.36.